The second kappa shape index (κ2) is 11.7. The van der Waals surface area contributed by atoms with Crippen LogP contribution in [0.1, 0.15) is 45.5 Å². The highest BCUT2D eigenvalue weighted by Gasteiger charge is 2.37. The van der Waals surface area contributed by atoms with E-state index in [-0.39, 0.29) is 17.8 Å². The number of rotatable bonds is 3. The number of hydrogen-bond acceptors (Lipinski definition) is 8. The van der Waals surface area contributed by atoms with E-state index in [1.54, 1.807) is 34.4 Å². The Hall–Kier alpha value is -4.44. The molecule has 9 heteroatoms. The molecular weight excluding hydrogens is 584 g/mol. The largest absolute Gasteiger partial charge is 0.633 e. The van der Waals surface area contributed by atoms with Crippen LogP contribution in [0.25, 0.3) is 0 Å². The van der Waals surface area contributed by atoms with Crippen molar-refractivity contribution in [3.63, 3.8) is 0 Å². The van der Waals surface area contributed by atoms with Crippen LogP contribution in [0.15, 0.2) is 60.7 Å². The summed E-state index contributed by atoms with van der Waals surface area (Å²) in [5.74, 6) is 3.81. The van der Waals surface area contributed by atoms with Gasteiger partial charge in [-0.15, -0.1) is 0 Å². The monoisotopic (exact) mass is 624 g/mol. The van der Waals surface area contributed by atoms with Gasteiger partial charge in [-0.1, -0.05) is 18.2 Å². The van der Waals surface area contributed by atoms with Crippen molar-refractivity contribution in [2.45, 2.75) is 37.8 Å². The van der Waals surface area contributed by atoms with Crippen molar-refractivity contribution in [3.05, 3.63) is 99.3 Å². The number of quaternary nitrogens is 1. The van der Waals surface area contributed by atoms with Gasteiger partial charge in [-0.3, -0.25) is 4.90 Å². The van der Waals surface area contributed by atoms with E-state index >= 15 is 0 Å². The third kappa shape index (κ3) is 5.28. The Morgan fingerprint density at radius 1 is 0.826 bits per heavy atom. The van der Waals surface area contributed by atoms with E-state index in [1.165, 1.54) is 0 Å². The molecule has 1 N–H and O–H groups in total. The van der Waals surface area contributed by atoms with E-state index in [9.17, 15) is 10.3 Å². The Labute approximate surface area is 269 Å². The molecule has 0 saturated heterocycles. The van der Waals surface area contributed by atoms with E-state index in [2.05, 4.69) is 11.9 Å². The van der Waals surface area contributed by atoms with Crippen LogP contribution in [-0.2, 0) is 25.7 Å². The number of ether oxygens (including phenoxy) is 5. The van der Waals surface area contributed by atoms with Crippen LogP contribution in [0.2, 0.25) is 0 Å². The lowest BCUT2D eigenvalue weighted by molar-refractivity contribution is -0.894. The van der Waals surface area contributed by atoms with Gasteiger partial charge in [-0.05, 0) is 84.6 Å². The van der Waals surface area contributed by atoms with Crippen molar-refractivity contribution in [3.8, 4) is 46.0 Å². The number of fused-ring (bicyclic) bond motifs is 2. The van der Waals surface area contributed by atoms with Crippen molar-refractivity contribution in [1.82, 2.24) is 4.90 Å². The number of phenols is 1. The van der Waals surface area contributed by atoms with Crippen LogP contribution in [0.5, 0.6) is 46.0 Å². The first-order chi connectivity index (χ1) is 22.2. The average molecular weight is 625 g/mol. The lowest BCUT2D eigenvalue weighted by Crippen LogP contribution is -2.47. The zero-order valence-corrected chi connectivity index (χ0v) is 27.0. The fourth-order valence-corrected chi connectivity index (χ4v) is 7.25. The van der Waals surface area contributed by atoms with E-state index in [4.69, 9.17) is 23.7 Å². The van der Waals surface area contributed by atoms with E-state index in [0.29, 0.717) is 66.1 Å². The number of hydrogen-bond donors (Lipinski definition) is 1. The summed E-state index contributed by atoms with van der Waals surface area (Å²) >= 11 is 0. The van der Waals surface area contributed by atoms with Gasteiger partial charge in [0.25, 0.3) is 0 Å². The Morgan fingerprint density at radius 2 is 1.57 bits per heavy atom. The van der Waals surface area contributed by atoms with Crippen molar-refractivity contribution in [1.29, 1.82) is 0 Å². The molecule has 46 heavy (non-hydrogen) atoms. The maximum atomic E-state index is 14.0. The summed E-state index contributed by atoms with van der Waals surface area (Å²) < 4.78 is 30.5. The molecule has 0 aliphatic carbocycles. The normalized spacial score (nSPS) is 22.0. The number of aromatic hydroxyl groups is 1. The Balaban J connectivity index is 1.48. The molecule has 4 aromatic rings. The van der Waals surface area contributed by atoms with Gasteiger partial charge in [-0.25, -0.2) is 0 Å². The number of benzene rings is 4. The molecule has 0 saturated carbocycles. The van der Waals surface area contributed by atoms with Gasteiger partial charge in [0, 0.05) is 36.6 Å². The van der Waals surface area contributed by atoms with Gasteiger partial charge in [0.15, 0.2) is 34.5 Å². The molecule has 0 radical (unpaired) electrons. The minimum Gasteiger partial charge on any atom is -0.633 e. The topological polar surface area (TPSA) is 92.7 Å². The van der Waals surface area contributed by atoms with E-state index in [0.717, 1.165) is 46.3 Å². The number of hydroxylamine groups is 3. The molecule has 0 amide bonds. The van der Waals surface area contributed by atoms with Crippen molar-refractivity contribution < 1.29 is 33.4 Å². The van der Waals surface area contributed by atoms with Crippen molar-refractivity contribution in [2.75, 3.05) is 48.5 Å². The molecule has 0 unspecified atom stereocenters. The molecule has 6 bridgehead atoms. The molecule has 4 aliphatic rings. The van der Waals surface area contributed by atoms with Gasteiger partial charge >= 0.3 is 0 Å². The highest BCUT2D eigenvalue weighted by Crippen LogP contribution is 2.52. The smallest absolute Gasteiger partial charge is 0.204 e. The second-order valence-electron chi connectivity index (χ2n) is 12.7. The number of nitrogens with zero attached hydrogens (tertiary/aromatic N) is 2. The highest BCUT2D eigenvalue weighted by atomic mass is 16.6. The standard InChI is InChI=1S/C37H40N2O7/c1-38-14-12-25-20-34(43-4)36(44-5)37-35(25)28(38)16-23-8-11-30(40)31(18-23)45-26-9-6-22(7-10-26)17-29-27-21-33(46-37)32(42-3)19-24(27)13-15-39(29,2)41/h6-11,18-21,28-29,40H,12-17H2,1-5H3/t28-,29+,39-/m1/s1. The number of likely N-dealkylation sites (N-methyl/N-ethyl adjacent to an activating group) is 2. The number of phenolic OH excluding ortho intramolecular Hbond substituents is 1. The molecule has 0 spiro atoms. The summed E-state index contributed by atoms with van der Waals surface area (Å²) in [7, 11) is 8.75. The van der Waals surface area contributed by atoms with Gasteiger partial charge in [0.1, 0.15) is 11.8 Å². The molecule has 3 atom stereocenters. The van der Waals surface area contributed by atoms with E-state index < -0.39 is 4.65 Å². The predicted octanol–water partition coefficient (Wildman–Crippen LogP) is 6.87. The first-order valence-corrected chi connectivity index (χ1v) is 15.7. The van der Waals surface area contributed by atoms with Gasteiger partial charge in [0.2, 0.25) is 5.75 Å². The van der Waals surface area contributed by atoms with Gasteiger partial charge < -0.3 is 38.6 Å². The second-order valence-corrected chi connectivity index (χ2v) is 12.7. The molecule has 4 heterocycles. The minimum atomic E-state index is -0.400. The number of methoxy groups -OCH3 is 3. The van der Waals surface area contributed by atoms with E-state index in [1.807, 2.05) is 54.6 Å². The average Bonchev–Trinajstić information content (AvgIpc) is 3.05. The van der Waals surface area contributed by atoms with Gasteiger partial charge in [-0.2, -0.15) is 0 Å². The van der Waals surface area contributed by atoms with Crippen LogP contribution in [0, 0.1) is 5.21 Å². The molecule has 4 aliphatic heterocycles. The summed E-state index contributed by atoms with van der Waals surface area (Å²) in [6, 6.07) is 18.9. The minimum absolute atomic E-state index is 0.0646. The summed E-state index contributed by atoms with van der Waals surface area (Å²) in [5, 5.41) is 24.8. The predicted molar refractivity (Wildman–Crippen MR) is 175 cm³/mol. The third-order valence-electron chi connectivity index (χ3n) is 9.86. The molecule has 9 nitrogen and oxygen atoms in total. The maximum absolute atomic E-state index is 14.0. The van der Waals surface area contributed by atoms with Crippen LogP contribution < -0.4 is 23.7 Å². The summed E-state index contributed by atoms with van der Waals surface area (Å²) in [6.07, 6.45) is 2.60. The van der Waals surface area contributed by atoms with Crippen molar-refractivity contribution in [2.24, 2.45) is 0 Å². The lowest BCUT2D eigenvalue weighted by atomic mass is 9.87. The fourth-order valence-electron chi connectivity index (χ4n) is 7.25. The third-order valence-corrected chi connectivity index (χ3v) is 9.86. The van der Waals surface area contributed by atoms with Crippen LogP contribution >= 0.6 is 0 Å². The summed E-state index contributed by atoms with van der Waals surface area (Å²) in [6.45, 7) is 1.30. The quantitative estimate of drug-likeness (QED) is 0.195. The zero-order valence-electron chi connectivity index (χ0n) is 27.0. The van der Waals surface area contributed by atoms with Gasteiger partial charge in [0.05, 0.1) is 34.9 Å². The maximum Gasteiger partial charge on any atom is 0.204 e. The SMILES string of the molecule is COc1cc2c3cc1Oc1c(OC)c(OC)cc4c1[C@@H](Cc1ccc(O)c(c1)Oc1ccc(cc1)C[C@@H]3[N@+](C)([O-])CC2)N(C)CC4. The van der Waals surface area contributed by atoms with Crippen LogP contribution in [0.4, 0.5) is 0 Å². The lowest BCUT2D eigenvalue weighted by Gasteiger charge is -2.49. The molecule has 4 aromatic carbocycles. The summed E-state index contributed by atoms with van der Waals surface area (Å²) in [4.78, 5) is 2.31. The Bertz CT molecular complexity index is 1790. The molecule has 0 fully saturated rings. The highest BCUT2D eigenvalue weighted by molar-refractivity contribution is 5.63. The van der Waals surface area contributed by atoms with Crippen LogP contribution in [-0.4, -0.2) is 63.2 Å². The fraction of sp³-hybridized carbons (Fsp3) is 0.351. The first-order valence-electron chi connectivity index (χ1n) is 15.7. The summed E-state index contributed by atoms with van der Waals surface area (Å²) in [5.41, 5.74) is 6.15. The van der Waals surface area contributed by atoms with Crippen LogP contribution in [0.3, 0.4) is 0 Å². The van der Waals surface area contributed by atoms with Crippen molar-refractivity contribution >= 4 is 0 Å². The zero-order chi connectivity index (χ0) is 32.2. The molecule has 8 rings (SSSR count). The molecule has 240 valence electrons. The first kappa shape index (κ1) is 30.2. The Kier molecular flexibility index (Phi) is 7.71. The Morgan fingerprint density at radius 3 is 2.30 bits per heavy atom. The molecule has 0 aromatic heterocycles. The molecular formula is C37H40N2O7.